The minimum absolute atomic E-state index is 0.0526. The lowest BCUT2D eigenvalue weighted by atomic mass is 10.0. The van der Waals surface area contributed by atoms with E-state index in [2.05, 4.69) is 106 Å². The van der Waals surface area contributed by atoms with Crippen LogP contribution >= 0.6 is 0 Å². The lowest BCUT2D eigenvalue weighted by Gasteiger charge is -2.18. The van der Waals surface area contributed by atoms with E-state index in [1.807, 2.05) is 0 Å². The molecule has 0 aromatic rings. The molecule has 0 aliphatic heterocycles. The number of unbranched alkanes of at least 4 members (excludes halogenated alkanes) is 18. The maximum absolute atomic E-state index is 12.8. The summed E-state index contributed by atoms with van der Waals surface area (Å²) in [6, 6.07) is 0. The number of carbonyl (C=O) groups is 2. The van der Waals surface area contributed by atoms with Gasteiger partial charge in [-0.25, -0.2) is 0 Å². The molecule has 1 atom stereocenters. The molecule has 0 saturated heterocycles. The summed E-state index contributed by atoms with van der Waals surface area (Å²) in [4.78, 5) is 25.3. The molecule has 0 N–H and O–H groups in total. The minimum atomic E-state index is -0.565. The summed E-state index contributed by atoms with van der Waals surface area (Å²) in [5, 5.41) is 0. The third kappa shape index (κ3) is 45.8. The van der Waals surface area contributed by atoms with Crippen molar-refractivity contribution in [1.29, 1.82) is 0 Å². The van der Waals surface area contributed by atoms with Gasteiger partial charge in [-0.1, -0.05) is 196 Å². The summed E-state index contributed by atoms with van der Waals surface area (Å²) < 4.78 is 17.3. The third-order valence-electron chi connectivity index (χ3n) is 9.93. The molecule has 5 nitrogen and oxygen atoms in total. The number of rotatable bonds is 43. The number of carbonyl (C=O) groups excluding carboxylic acids is 2. The summed E-state index contributed by atoms with van der Waals surface area (Å²) in [6.07, 6.45) is 63.0. The van der Waals surface area contributed by atoms with Crippen LogP contribution in [0.4, 0.5) is 0 Å². The van der Waals surface area contributed by atoms with Crippen molar-refractivity contribution in [3.05, 3.63) is 85.1 Å². The van der Waals surface area contributed by atoms with E-state index in [0.29, 0.717) is 19.4 Å². The molecule has 0 radical (unpaired) electrons. The van der Waals surface area contributed by atoms with Gasteiger partial charge in [-0.3, -0.25) is 9.59 Å². The summed E-state index contributed by atoms with van der Waals surface area (Å²) in [5.74, 6) is -0.459. The summed E-state index contributed by atoms with van der Waals surface area (Å²) >= 11 is 0. The van der Waals surface area contributed by atoms with Crippen molar-refractivity contribution in [3.8, 4) is 0 Å². The van der Waals surface area contributed by atoms with E-state index in [0.717, 1.165) is 96.3 Å². The summed E-state index contributed by atoms with van der Waals surface area (Å²) in [7, 11) is 0. The van der Waals surface area contributed by atoms with Crippen LogP contribution in [0.1, 0.15) is 213 Å². The van der Waals surface area contributed by atoms with Crippen molar-refractivity contribution < 1.29 is 23.8 Å². The Bertz CT molecular complexity index is 1090. The van der Waals surface area contributed by atoms with E-state index in [1.165, 1.54) is 83.5 Å². The maximum atomic E-state index is 12.8. The Balaban J connectivity index is 4.37. The Labute approximate surface area is 359 Å². The monoisotopic (exact) mass is 807 g/mol. The maximum Gasteiger partial charge on any atom is 0.306 e. The second-order valence-electron chi connectivity index (χ2n) is 15.6. The van der Waals surface area contributed by atoms with Gasteiger partial charge in [0.2, 0.25) is 0 Å². The van der Waals surface area contributed by atoms with Crippen molar-refractivity contribution in [3.63, 3.8) is 0 Å². The average Bonchev–Trinajstić information content (AvgIpc) is 3.22. The molecule has 0 fully saturated rings. The van der Waals surface area contributed by atoms with E-state index >= 15 is 0 Å². The van der Waals surface area contributed by atoms with Gasteiger partial charge in [0.05, 0.1) is 6.61 Å². The van der Waals surface area contributed by atoms with Gasteiger partial charge in [0.1, 0.15) is 6.61 Å². The molecule has 0 aliphatic rings. The van der Waals surface area contributed by atoms with E-state index in [1.54, 1.807) is 0 Å². The number of allylic oxidation sites excluding steroid dienone is 14. The van der Waals surface area contributed by atoms with Crippen molar-refractivity contribution in [2.24, 2.45) is 0 Å². The molecule has 0 aromatic heterocycles. The van der Waals surface area contributed by atoms with Crippen LogP contribution in [0.5, 0.6) is 0 Å². The van der Waals surface area contributed by atoms with Crippen LogP contribution in [-0.2, 0) is 23.8 Å². The molecule has 58 heavy (non-hydrogen) atoms. The summed E-state index contributed by atoms with van der Waals surface area (Å²) in [6.45, 7) is 7.51. The Morgan fingerprint density at radius 3 is 1.28 bits per heavy atom. The van der Waals surface area contributed by atoms with E-state index in [-0.39, 0.29) is 25.2 Å². The zero-order valence-electron chi connectivity index (χ0n) is 38.0. The molecular weight excluding hydrogens is 717 g/mol. The molecule has 0 amide bonds. The Hall–Kier alpha value is -2.92. The van der Waals surface area contributed by atoms with Crippen LogP contribution in [0.15, 0.2) is 85.1 Å². The van der Waals surface area contributed by atoms with E-state index < -0.39 is 6.10 Å². The van der Waals surface area contributed by atoms with Gasteiger partial charge in [0, 0.05) is 19.4 Å². The number of esters is 2. The zero-order chi connectivity index (χ0) is 42.1. The van der Waals surface area contributed by atoms with Crippen LogP contribution in [0.2, 0.25) is 0 Å². The van der Waals surface area contributed by atoms with E-state index in [9.17, 15) is 9.59 Å². The highest BCUT2D eigenvalue weighted by Crippen LogP contribution is 2.14. The average molecular weight is 807 g/mol. The molecule has 1 unspecified atom stereocenters. The van der Waals surface area contributed by atoms with Gasteiger partial charge in [-0.2, -0.15) is 0 Å². The van der Waals surface area contributed by atoms with Gasteiger partial charge < -0.3 is 14.2 Å². The van der Waals surface area contributed by atoms with Crippen molar-refractivity contribution in [2.45, 2.75) is 219 Å². The normalized spacial score (nSPS) is 12.9. The first-order valence-corrected chi connectivity index (χ1v) is 24.1. The van der Waals surface area contributed by atoms with Crippen LogP contribution in [-0.4, -0.2) is 37.9 Å². The highest BCUT2D eigenvalue weighted by atomic mass is 16.6. The predicted molar refractivity (Wildman–Crippen MR) is 251 cm³/mol. The largest absolute Gasteiger partial charge is 0.462 e. The van der Waals surface area contributed by atoms with Gasteiger partial charge in [0.15, 0.2) is 6.10 Å². The van der Waals surface area contributed by atoms with Crippen molar-refractivity contribution in [1.82, 2.24) is 0 Å². The molecule has 0 rings (SSSR count). The van der Waals surface area contributed by atoms with Gasteiger partial charge in [-0.15, -0.1) is 0 Å². The number of ether oxygens (including phenoxy) is 3. The second-order valence-corrected chi connectivity index (χ2v) is 15.6. The summed E-state index contributed by atoms with van der Waals surface area (Å²) in [5.41, 5.74) is 0. The minimum Gasteiger partial charge on any atom is -0.462 e. The van der Waals surface area contributed by atoms with Gasteiger partial charge in [0.25, 0.3) is 0 Å². The Kier molecular flexibility index (Phi) is 46.0. The molecule has 0 aromatic carbocycles. The quantitative estimate of drug-likeness (QED) is 0.0349. The van der Waals surface area contributed by atoms with Crippen LogP contribution < -0.4 is 0 Å². The fourth-order valence-corrected chi connectivity index (χ4v) is 6.40. The van der Waals surface area contributed by atoms with Crippen LogP contribution in [0.3, 0.4) is 0 Å². The van der Waals surface area contributed by atoms with Crippen LogP contribution in [0, 0.1) is 0 Å². The molecule has 0 bridgehead atoms. The molecule has 5 heteroatoms. The molecule has 0 heterocycles. The Morgan fingerprint density at radius 1 is 0.397 bits per heavy atom. The fourth-order valence-electron chi connectivity index (χ4n) is 6.40. The topological polar surface area (TPSA) is 61.8 Å². The predicted octanol–water partition coefficient (Wildman–Crippen LogP) is 16.1. The number of hydrogen-bond donors (Lipinski definition) is 0. The first kappa shape index (κ1) is 55.1. The first-order valence-electron chi connectivity index (χ1n) is 24.1. The molecule has 0 aliphatic carbocycles. The van der Waals surface area contributed by atoms with E-state index in [4.69, 9.17) is 14.2 Å². The second kappa shape index (κ2) is 48.4. The third-order valence-corrected chi connectivity index (χ3v) is 9.93. The Morgan fingerprint density at radius 2 is 0.776 bits per heavy atom. The number of hydrogen-bond acceptors (Lipinski definition) is 5. The smallest absolute Gasteiger partial charge is 0.306 e. The van der Waals surface area contributed by atoms with Crippen molar-refractivity contribution >= 4 is 11.9 Å². The van der Waals surface area contributed by atoms with Gasteiger partial charge >= 0.3 is 11.9 Å². The van der Waals surface area contributed by atoms with Crippen LogP contribution in [0.25, 0.3) is 0 Å². The van der Waals surface area contributed by atoms with Crippen molar-refractivity contribution in [2.75, 3.05) is 19.8 Å². The highest BCUT2D eigenvalue weighted by molar-refractivity contribution is 5.70. The molecule has 0 spiro atoms. The molecule has 0 saturated carbocycles. The fraction of sp³-hybridized carbons (Fsp3) is 0.698. The standard InChI is InChI=1S/C53H90O5/c1-4-7-10-13-16-19-22-25-27-29-31-34-37-40-43-46-52(54)57-50-51(49-56-48-45-42-39-36-33-30-26-23-20-17-14-11-8-5-2)58-53(55)47-44-41-38-35-32-28-24-21-18-15-12-9-6-3/h7-8,10-11,16-17,19-20,25-27,30-31,34,51H,4-6,9,12-15,18,21-24,28-29,32-33,35-50H2,1-3H3/b10-7-,11-8-,19-16-,20-17-,27-25-,30-26-,34-31-. The highest BCUT2D eigenvalue weighted by Gasteiger charge is 2.17. The SMILES string of the molecule is CC/C=C\C/C=C\C/C=C\C/C=C\CCCCC(=O)OCC(COCCCCCC/C=C\C/C=C\C/C=C\CC)OC(=O)CCCCCCCCCCCCCCC. The van der Waals surface area contributed by atoms with Gasteiger partial charge in [-0.05, 0) is 89.9 Å². The first-order chi connectivity index (χ1) is 28.6. The lowest BCUT2D eigenvalue weighted by molar-refractivity contribution is -0.163. The lowest BCUT2D eigenvalue weighted by Crippen LogP contribution is -2.30. The zero-order valence-corrected chi connectivity index (χ0v) is 38.0. The molecule has 332 valence electrons. The molecular formula is C53H90O5.